The van der Waals surface area contributed by atoms with Gasteiger partial charge in [-0.3, -0.25) is 4.79 Å². The molecule has 0 spiro atoms. The summed E-state index contributed by atoms with van der Waals surface area (Å²) in [5, 5.41) is 13.9. The van der Waals surface area contributed by atoms with Gasteiger partial charge in [-0.05, 0) is 54.2 Å². The van der Waals surface area contributed by atoms with Gasteiger partial charge in [0.15, 0.2) is 11.5 Å². The highest BCUT2D eigenvalue weighted by Crippen LogP contribution is 2.46. The first-order chi connectivity index (χ1) is 12.1. The molecule has 2 aliphatic rings. The monoisotopic (exact) mass is 357 g/mol. The Morgan fingerprint density at radius 2 is 2.20 bits per heavy atom. The first-order valence-corrected chi connectivity index (χ1v) is 9.77. The van der Waals surface area contributed by atoms with Crippen molar-refractivity contribution in [3.8, 4) is 11.5 Å². The number of phenols is 1. The van der Waals surface area contributed by atoms with Gasteiger partial charge in [0.1, 0.15) is 0 Å². The molecule has 0 saturated heterocycles. The molecule has 0 radical (unpaired) electrons. The summed E-state index contributed by atoms with van der Waals surface area (Å²) >= 11 is 1.91. The van der Waals surface area contributed by atoms with Gasteiger partial charge in [-0.1, -0.05) is 13.3 Å². The third-order valence-corrected chi connectivity index (χ3v) is 6.40. The Morgan fingerprint density at radius 3 is 2.96 bits per heavy atom. The van der Waals surface area contributed by atoms with Crippen molar-refractivity contribution in [3.05, 3.63) is 44.6 Å². The molecule has 4 nitrogen and oxygen atoms in total. The minimum Gasteiger partial charge on any atom is -0.504 e. The van der Waals surface area contributed by atoms with Crippen LogP contribution in [0.5, 0.6) is 11.5 Å². The fourth-order valence-corrected chi connectivity index (χ4v) is 5.43. The lowest BCUT2D eigenvalue weighted by atomic mass is 9.74. The topological polar surface area (TPSA) is 58.6 Å². The molecule has 1 aliphatic carbocycles. The molecule has 2 aromatic rings. The molecule has 2 atom stereocenters. The maximum Gasteiger partial charge on any atom is 0.308 e. The van der Waals surface area contributed by atoms with E-state index in [1.807, 2.05) is 17.4 Å². The van der Waals surface area contributed by atoms with Crippen LogP contribution in [0.1, 0.15) is 59.1 Å². The summed E-state index contributed by atoms with van der Waals surface area (Å²) in [6.07, 6.45) is 4.26. The first kappa shape index (κ1) is 16.6. The summed E-state index contributed by atoms with van der Waals surface area (Å²) in [6, 6.07) is 6.42. The third kappa shape index (κ3) is 2.96. The number of carbonyl (C=O) groups is 1. The van der Waals surface area contributed by atoms with E-state index in [1.54, 1.807) is 6.07 Å². The van der Waals surface area contributed by atoms with Crippen molar-refractivity contribution in [1.82, 2.24) is 5.32 Å². The second-order valence-electron chi connectivity index (χ2n) is 6.96. The van der Waals surface area contributed by atoms with Crippen LogP contribution in [0.25, 0.3) is 0 Å². The Morgan fingerprint density at radius 1 is 1.36 bits per heavy atom. The molecule has 0 bridgehead atoms. The molecule has 1 aromatic carbocycles. The van der Waals surface area contributed by atoms with Crippen LogP contribution in [0.15, 0.2) is 18.2 Å². The van der Waals surface area contributed by atoms with Crippen LogP contribution in [-0.4, -0.2) is 17.1 Å². The Labute approximate surface area is 151 Å². The van der Waals surface area contributed by atoms with Crippen molar-refractivity contribution < 1.29 is 14.6 Å². The van der Waals surface area contributed by atoms with Gasteiger partial charge >= 0.3 is 5.97 Å². The predicted octanol–water partition coefficient (Wildman–Crippen LogP) is 3.88. The number of hydrogen-bond donors (Lipinski definition) is 2. The summed E-state index contributed by atoms with van der Waals surface area (Å²) in [4.78, 5) is 14.2. The normalized spacial score (nSPS) is 21.2. The van der Waals surface area contributed by atoms with Crippen LogP contribution < -0.4 is 10.1 Å². The summed E-state index contributed by atoms with van der Waals surface area (Å²) in [7, 11) is 0. The highest BCUT2D eigenvalue weighted by atomic mass is 32.1. The van der Waals surface area contributed by atoms with Crippen molar-refractivity contribution in [3.63, 3.8) is 0 Å². The number of esters is 1. The number of fused-ring (bicyclic) bond motifs is 5. The fraction of sp³-hybridized carbons (Fsp3) is 0.450. The van der Waals surface area contributed by atoms with Gasteiger partial charge in [-0.15, -0.1) is 11.3 Å². The Bertz CT molecular complexity index is 827. The molecule has 1 aromatic heterocycles. The number of carbonyl (C=O) groups excluding carboxylic acids is 1. The molecule has 132 valence electrons. The maximum atomic E-state index is 11.3. The van der Waals surface area contributed by atoms with Gasteiger partial charge in [-0.2, -0.15) is 0 Å². The number of hydrogen-bond acceptors (Lipinski definition) is 5. The van der Waals surface area contributed by atoms with E-state index < -0.39 is 5.97 Å². The molecule has 25 heavy (non-hydrogen) atoms. The van der Waals surface area contributed by atoms with Crippen LogP contribution in [0.2, 0.25) is 0 Å². The second-order valence-corrected chi connectivity index (χ2v) is 8.18. The van der Waals surface area contributed by atoms with Gasteiger partial charge in [0.05, 0.1) is 0 Å². The third-order valence-electron chi connectivity index (χ3n) is 5.19. The van der Waals surface area contributed by atoms with Crippen molar-refractivity contribution >= 4 is 17.3 Å². The zero-order chi connectivity index (χ0) is 17.6. The minimum absolute atomic E-state index is 0.0494. The number of thiophene rings is 1. The molecule has 0 fully saturated rings. The molecule has 0 unspecified atom stereocenters. The largest absolute Gasteiger partial charge is 0.504 e. The lowest BCUT2D eigenvalue weighted by Gasteiger charge is -2.38. The number of benzene rings is 1. The van der Waals surface area contributed by atoms with Crippen molar-refractivity contribution in [2.75, 3.05) is 0 Å². The lowest BCUT2D eigenvalue weighted by molar-refractivity contribution is -0.132. The molecular formula is C20H23NO3S. The average molecular weight is 357 g/mol. The van der Waals surface area contributed by atoms with Crippen molar-refractivity contribution in [2.24, 2.45) is 0 Å². The van der Waals surface area contributed by atoms with Crippen LogP contribution >= 0.6 is 11.3 Å². The standard InChI is InChI=1S/C20H23NO3S/c1-3-4-13-8-15-19(25-13)10-21-16-6-5-12-7-17(23)18(24-11(2)22)9-14(12)20(15)16/h7-9,16,20-21,23H,3-6,10H2,1-2H3/t16-,20+/m1/s1. The molecule has 4 rings (SSSR count). The molecule has 2 N–H and O–H groups in total. The van der Waals surface area contributed by atoms with Gasteiger partial charge < -0.3 is 15.2 Å². The SMILES string of the molecule is CCCc1cc2c(s1)CN[C@@H]1CCc3cc(O)c(OC(C)=O)cc3[C@@H]21. The Hall–Kier alpha value is -1.85. The van der Waals surface area contributed by atoms with E-state index in [4.69, 9.17) is 4.74 Å². The number of nitrogens with one attached hydrogen (secondary N) is 1. The molecular weight excluding hydrogens is 334 g/mol. The minimum atomic E-state index is -0.411. The Balaban J connectivity index is 1.80. The van der Waals surface area contributed by atoms with E-state index in [-0.39, 0.29) is 17.4 Å². The smallest absolute Gasteiger partial charge is 0.308 e. The lowest BCUT2D eigenvalue weighted by Crippen LogP contribution is -2.42. The van der Waals surface area contributed by atoms with Crippen LogP contribution in [0.4, 0.5) is 0 Å². The summed E-state index contributed by atoms with van der Waals surface area (Å²) < 4.78 is 5.22. The van der Waals surface area contributed by atoms with Gasteiger partial charge in [0.25, 0.3) is 0 Å². The number of ether oxygens (including phenoxy) is 1. The molecule has 0 saturated carbocycles. The second kappa shape index (κ2) is 6.46. The highest BCUT2D eigenvalue weighted by molar-refractivity contribution is 7.12. The summed E-state index contributed by atoms with van der Waals surface area (Å²) in [6.45, 7) is 4.51. The molecule has 1 aliphatic heterocycles. The number of rotatable bonds is 3. The van der Waals surface area contributed by atoms with Gasteiger partial charge in [-0.25, -0.2) is 0 Å². The Kier molecular flexibility index (Phi) is 4.29. The number of phenolic OH excluding ortho intramolecular Hbond substituents is 1. The van der Waals surface area contributed by atoms with E-state index in [0.29, 0.717) is 6.04 Å². The fourth-order valence-electron chi connectivity index (χ4n) is 4.16. The number of aryl methyl sites for hydroxylation is 2. The van der Waals surface area contributed by atoms with E-state index in [1.165, 1.54) is 27.8 Å². The van der Waals surface area contributed by atoms with E-state index in [0.717, 1.165) is 37.8 Å². The van der Waals surface area contributed by atoms with Crippen LogP contribution in [-0.2, 0) is 24.2 Å². The average Bonchev–Trinajstić information content (AvgIpc) is 2.98. The van der Waals surface area contributed by atoms with E-state index >= 15 is 0 Å². The van der Waals surface area contributed by atoms with Crippen LogP contribution in [0, 0.1) is 0 Å². The van der Waals surface area contributed by atoms with E-state index in [9.17, 15) is 9.90 Å². The zero-order valence-electron chi connectivity index (χ0n) is 14.6. The van der Waals surface area contributed by atoms with E-state index in [2.05, 4.69) is 18.3 Å². The zero-order valence-corrected chi connectivity index (χ0v) is 15.4. The highest BCUT2D eigenvalue weighted by Gasteiger charge is 2.36. The summed E-state index contributed by atoms with van der Waals surface area (Å²) in [5.41, 5.74) is 3.75. The van der Waals surface area contributed by atoms with Crippen molar-refractivity contribution in [1.29, 1.82) is 0 Å². The van der Waals surface area contributed by atoms with Crippen molar-refractivity contribution in [2.45, 2.75) is 58.0 Å². The molecule has 2 heterocycles. The predicted molar refractivity (Wildman–Crippen MR) is 98.5 cm³/mol. The summed E-state index contributed by atoms with van der Waals surface area (Å²) in [5.74, 6) is 0.173. The quantitative estimate of drug-likeness (QED) is 0.646. The number of aromatic hydroxyl groups is 1. The van der Waals surface area contributed by atoms with Crippen LogP contribution in [0.3, 0.4) is 0 Å². The maximum absolute atomic E-state index is 11.3. The van der Waals surface area contributed by atoms with Gasteiger partial charge in [0, 0.05) is 35.2 Å². The van der Waals surface area contributed by atoms with Gasteiger partial charge in [0.2, 0.25) is 0 Å². The molecule has 5 heteroatoms. The molecule has 0 amide bonds. The first-order valence-electron chi connectivity index (χ1n) is 8.96.